The monoisotopic (exact) mass is 298 g/mol. The van der Waals surface area contributed by atoms with E-state index in [9.17, 15) is 9.59 Å². The highest BCUT2D eigenvalue weighted by Gasteiger charge is 2.37. The number of methoxy groups -OCH3 is 2. The number of carbonyl (C=O) groups is 2. The van der Waals surface area contributed by atoms with Crippen LogP contribution in [0.2, 0.25) is 0 Å². The van der Waals surface area contributed by atoms with E-state index in [4.69, 9.17) is 4.74 Å². The Hall–Kier alpha value is -1.36. The number of epoxide rings is 1. The molecule has 0 radical (unpaired) electrons. The van der Waals surface area contributed by atoms with E-state index in [0.717, 1.165) is 12.8 Å². The van der Waals surface area contributed by atoms with Gasteiger partial charge in [-0.15, -0.1) is 0 Å². The third kappa shape index (κ3) is 6.76. The Morgan fingerprint density at radius 3 is 2.43 bits per heavy atom. The second-order valence-electron chi connectivity index (χ2n) is 5.28. The SMILES string of the molecule is CCCCCCCC1OC1/C=C(\CC(=O)OC)C(=O)OC. The summed E-state index contributed by atoms with van der Waals surface area (Å²) in [5.74, 6) is -0.957. The first kappa shape index (κ1) is 17.7. The number of rotatable bonds is 10. The lowest BCUT2D eigenvalue weighted by Crippen LogP contribution is -2.12. The molecule has 1 saturated heterocycles. The van der Waals surface area contributed by atoms with Crippen molar-refractivity contribution in [1.29, 1.82) is 0 Å². The van der Waals surface area contributed by atoms with Crippen LogP contribution in [0.5, 0.6) is 0 Å². The fourth-order valence-electron chi connectivity index (χ4n) is 2.24. The first-order chi connectivity index (χ1) is 10.1. The van der Waals surface area contributed by atoms with Crippen molar-refractivity contribution in [1.82, 2.24) is 0 Å². The molecule has 0 saturated carbocycles. The van der Waals surface area contributed by atoms with Crippen LogP contribution in [0.3, 0.4) is 0 Å². The number of unbranched alkanes of at least 4 members (excludes halogenated alkanes) is 4. The van der Waals surface area contributed by atoms with E-state index in [-0.39, 0.29) is 18.6 Å². The molecule has 120 valence electrons. The zero-order valence-electron chi connectivity index (χ0n) is 13.2. The van der Waals surface area contributed by atoms with Gasteiger partial charge in [0.1, 0.15) is 6.10 Å². The maximum absolute atomic E-state index is 11.6. The molecule has 0 spiro atoms. The summed E-state index contributed by atoms with van der Waals surface area (Å²) in [6.45, 7) is 2.19. The largest absolute Gasteiger partial charge is 0.469 e. The van der Waals surface area contributed by atoms with Gasteiger partial charge in [-0.05, 0) is 12.5 Å². The van der Waals surface area contributed by atoms with Gasteiger partial charge >= 0.3 is 11.9 Å². The van der Waals surface area contributed by atoms with E-state index < -0.39 is 11.9 Å². The number of ether oxygens (including phenoxy) is 3. The topological polar surface area (TPSA) is 65.1 Å². The van der Waals surface area contributed by atoms with Gasteiger partial charge in [-0.2, -0.15) is 0 Å². The Morgan fingerprint density at radius 1 is 1.10 bits per heavy atom. The molecule has 0 amide bonds. The summed E-state index contributed by atoms with van der Waals surface area (Å²) in [6.07, 6.45) is 8.85. The van der Waals surface area contributed by atoms with Crippen LogP contribution in [0.1, 0.15) is 51.9 Å². The van der Waals surface area contributed by atoms with E-state index in [1.165, 1.54) is 39.9 Å². The smallest absolute Gasteiger partial charge is 0.334 e. The molecule has 0 aliphatic carbocycles. The lowest BCUT2D eigenvalue weighted by molar-refractivity contribution is -0.143. The van der Waals surface area contributed by atoms with Crippen LogP contribution in [0.15, 0.2) is 11.6 Å². The van der Waals surface area contributed by atoms with Crippen molar-refractivity contribution in [2.75, 3.05) is 14.2 Å². The molecule has 1 rings (SSSR count). The van der Waals surface area contributed by atoms with Gasteiger partial charge in [-0.1, -0.05) is 39.0 Å². The zero-order chi connectivity index (χ0) is 15.7. The summed E-state index contributed by atoms with van der Waals surface area (Å²) in [6, 6.07) is 0. The average molecular weight is 298 g/mol. The van der Waals surface area contributed by atoms with Crippen molar-refractivity contribution >= 4 is 11.9 Å². The van der Waals surface area contributed by atoms with Crippen molar-refractivity contribution < 1.29 is 23.8 Å². The minimum absolute atomic E-state index is 0.0741. The summed E-state index contributed by atoms with van der Waals surface area (Å²) < 4.78 is 14.8. The molecular weight excluding hydrogens is 272 g/mol. The maximum atomic E-state index is 11.6. The molecule has 21 heavy (non-hydrogen) atoms. The zero-order valence-corrected chi connectivity index (χ0v) is 13.2. The van der Waals surface area contributed by atoms with Gasteiger partial charge in [0.25, 0.3) is 0 Å². The van der Waals surface area contributed by atoms with Gasteiger partial charge in [-0.3, -0.25) is 4.79 Å². The van der Waals surface area contributed by atoms with E-state index in [0.29, 0.717) is 5.57 Å². The van der Waals surface area contributed by atoms with Crippen LogP contribution in [-0.4, -0.2) is 38.4 Å². The molecule has 0 aromatic carbocycles. The standard InChI is InChI=1S/C16H26O5/c1-4-5-6-7-8-9-13-14(21-13)10-12(16(18)20-3)11-15(17)19-2/h10,13-14H,4-9,11H2,1-3H3/b12-10+. The first-order valence-corrected chi connectivity index (χ1v) is 7.63. The van der Waals surface area contributed by atoms with Crippen molar-refractivity contribution in [3.05, 3.63) is 11.6 Å². The Bertz CT molecular complexity index is 375. The van der Waals surface area contributed by atoms with Crippen LogP contribution in [0.25, 0.3) is 0 Å². The molecular formula is C16H26O5. The van der Waals surface area contributed by atoms with Gasteiger partial charge < -0.3 is 14.2 Å². The summed E-state index contributed by atoms with van der Waals surface area (Å²) in [5, 5.41) is 0. The second-order valence-corrected chi connectivity index (χ2v) is 5.28. The quantitative estimate of drug-likeness (QED) is 0.268. The minimum atomic E-state index is -0.502. The molecule has 1 heterocycles. The molecule has 2 unspecified atom stereocenters. The van der Waals surface area contributed by atoms with Gasteiger partial charge in [0.15, 0.2) is 0 Å². The predicted molar refractivity (Wildman–Crippen MR) is 78.8 cm³/mol. The van der Waals surface area contributed by atoms with Gasteiger partial charge in [0.05, 0.1) is 26.7 Å². The highest BCUT2D eigenvalue weighted by Crippen LogP contribution is 2.30. The van der Waals surface area contributed by atoms with E-state index in [2.05, 4.69) is 16.4 Å². The Balaban J connectivity index is 2.37. The summed E-state index contributed by atoms with van der Waals surface area (Å²) in [4.78, 5) is 22.9. The number of hydrogen-bond acceptors (Lipinski definition) is 5. The third-order valence-electron chi connectivity index (χ3n) is 3.59. The van der Waals surface area contributed by atoms with E-state index >= 15 is 0 Å². The predicted octanol–water partition coefficient (Wildman–Crippen LogP) is 2.78. The van der Waals surface area contributed by atoms with Crippen LogP contribution in [0.4, 0.5) is 0 Å². The molecule has 0 aromatic heterocycles. The maximum Gasteiger partial charge on any atom is 0.334 e. The average Bonchev–Trinajstić information content (AvgIpc) is 3.23. The van der Waals surface area contributed by atoms with Crippen LogP contribution in [-0.2, 0) is 23.8 Å². The van der Waals surface area contributed by atoms with Crippen molar-refractivity contribution in [3.63, 3.8) is 0 Å². The summed E-state index contributed by atoms with van der Waals surface area (Å²) in [7, 11) is 2.59. The van der Waals surface area contributed by atoms with Crippen LogP contribution >= 0.6 is 0 Å². The highest BCUT2D eigenvalue weighted by atomic mass is 16.6. The minimum Gasteiger partial charge on any atom is -0.469 e. The number of esters is 2. The third-order valence-corrected chi connectivity index (χ3v) is 3.59. The Kier molecular flexibility index (Phi) is 8.05. The summed E-state index contributed by atoms with van der Waals surface area (Å²) >= 11 is 0. The van der Waals surface area contributed by atoms with Gasteiger partial charge in [0.2, 0.25) is 0 Å². The highest BCUT2D eigenvalue weighted by molar-refractivity contribution is 5.93. The second kappa shape index (κ2) is 9.55. The molecule has 0 N–H and O–H groups in total. The van der Waals surface area contributed by atoms with Gasteiger partial charge in [-0.25, -0.2) is 4.79 Å². The molecule has 0 bridgehead atoms. The number of carbonyl (C=O) groups excluding carboxylic acids is 2. The number of hydrogen-bond donors (Lipinski definition) is 0. The fraction of sp³-hybridized carbons (Fsp3) is 0.750. The lowest BCUT2D eigenvalue weighted by atomic mass is 10.1. The Morgan fingerprint density at radius 2 is 1.81 bits per heavy atom. The molecule has 5 nitrogen and oxygen atoms in total. The normalized spacial score (nSPS) is 21.0. The molecule has 2 atom stereocenters. The molecule has 1 aliphatic rings. The molecule has 1 aliphatic heterocycles. The summed E-state index contributed by atoms with van der Waals surface area (Å²) in [5.41, 5.74) is 0.308. The van der Waals surface area contributed by atoms with Crippen LogP contribution < -0.4 is 0 Å². The van der Waals surface area contributed by atoms with Crippen LogP contribution in [0, 0.1) is 0 Å². The van der Waals surface area contributed by atoms with Crippen molar-refractivity contribution in [2.45, 2.75) is 64.1 Å². The van der Waals surface area contributed by atoms with E-state index in [1.807, 2.05) is 0 Å². The Labute approximate surface area is 126 Å². The molecule has 0 aromatic rings. The first-order valence-electron chi connectivity index (χ1n) is 7.63. The fourth-order valence-corrected chi connectivity index (χ4v) is 2.24. The lowest BCUT2D eigenvalue weighted by Gasteiger charge is -2.03. The molecule has 1 fully saturated rings. The van der Waals surface area contributed by atoms with E-state index in [1.54, 1.807) is 6.08 Å². The molecule has 5 heteroatoms. The van der Waals surface area contributed by atoms with Crippen molar-refractivity contribution in [2.24, 2.45) is 0 Å². The van der Waals surface area contributed by atoms with Crippen molar-refractivity contribution in [3.8, 4) is 0 Å². The van der Waals surface area contributed by atoms with Gasteiger partial charge in [0, 0.05) is 5.57 Å².